The van der Waals surface area contributed by atoms with E-state index in [0.717, 1.165) is 19.3 Å². The van der Waals surface area contributed by atoms with Gasteiger partial charge in [-0.1, -0.05) is 39.3 Å². The number of unbranched alkanes of at least 4 members (excludes halogenated alkanes) is 2. The van der Waals surface area contributed by atoms with Crippen LogP contribution in [0.1, 0.15) is 60.3 Å². The first kappa shape index (κ1) is 25.2. The maximum Gasteiger partial charge on any atom is 0.253 e. The molecule has 0 rings (SSSR count). The van der Waals surface area contributed by atoms with E-state index in [-0.39, 0.29) is 0 Å². The van der Waals surface area contributed by atoms with Crippen molar-refractivity contribution in [1.82, 2.24) is 5.32 Å². The predicted octanol–water partition coefficient (Wildman–Crippen LogP) is 2.69. The fourth-order valence-corrected chi connectivity index (χ4v) is 2.42. The summed E-state index contributed by atoms with van der Waals surface area (Å²) in [5.74, 6) is -4.42. The first-order valence-electron chi connectivity index (χ1n) is 9.13. The first-order valence-corrected chi connectivity index (χ1v) is 9.13. The van der Waals surface area contributed by atoms with E-state index in [0.29, 0.717) is 23.5 Å². The Bertz CT molecular complexity index is 563. The van der Waals surface area contributed by atoms with Crippen LogP contribution in [0.3, 0.4) is 0 Å². The lowest BCUT2D eigenvalue weighted by molar-refractivity contribution is -0.210. The third-order valence-corrected chi connectivity index (χ3v) is 4.15. The zero-order valence-corrected chi connectivity index (χ0v) is 17.3. The largest absolute Gasteiger partial charge is 0.493 e. The molecule has 4 N–H and O–H groups in total. The number of methoxy groups -OCH3 is 1. The molecule has 0 aromatic rings. The van der Waals surface area contributed by atoms with Gasteiger partial charge in [0.05, 0.1) is 13.0 Å². The quantitative estimate of drug-likeness (QED) is 0.178. The molecule has 0 radical (unpaired) electrons. The minimum absolute atomic E-state index is 0.353. The van der Waals surface area contributed by atoms with Crippen LogP contribution in [0.5, 0.6) is 0 Å². The van der Waals surface area contributed by atoms with Crippen LogP contribution in [-0.4, -0.2) is 40.0 Å². The second-order valence-electron chi connectivity index (χ2n) is 6.90. The molecule has 0 aromatic heterocycles. The van der Waals surface area contributed by atoms with Crippen LogP contribution in [0.15, 0.2) is 35.8 Å². The number of carbonyl (C=O) groups excluding carboxylic acids is 1. The van der Waals surface area contributed by atoms with Crippen LogP contribution in [-0.2, 0) is 14.3 Å². The lowest BCUT2D eigenvalue weighted by atomic mass is 9.97. The molecule has 0 aliphatic heterocycles. The number of amides is 1. The molecule has 0 aliphatic carbocycles. The van der Waals surface area contributed by atoms with Gasteiger partial charge in [-0.05, 0) is 25.0 Å². The van der Waals surface area contributed by atoms with Crippen molar-refractivity contribution >= 4 is 5.91 Å². The molecule has 156 valence electrons. The van der Waals surface area contributed by atoms with Crippen molar-refractivity contribution in [3.8, 4) is 0 Å². The van der Waals surface area contributed by atoms with Crippen LogP contribution in [0.2, 0.25) is 0 Å². The first-order chi connectivity index (χ1) is 12.4. The van der Waals surface area contributed by atoms with E-state index in [2.05, 4.69) is 18.8 Å². The number of rotatable bonds is 12. The minimum Gasteiger partial charge on any atom is -0.493 e. The van der Waals surface area contributed by atoms with Crippen molar-refractivity contribution in [3.05, 3.63) is 35.8 Å². The van der Waals surface area contributed by atoms with Crippen LogP contribution in [0.25, 0.3) is 0 Å². The Balaban J connectivity index is 5.14. The summed E-state index contributed by atoms with van der Waals surface area (Å²) in [5.41, 5.74) is 0.353. The second-order valence-corrected chi connectivity index (χ2v) is 6.90. The van der Waals surface area contributed by atoms with Gasteiger partial charge in [-0.15, -0.1) is 0 Å². The number of allylic oxidation sites excluding steroid dienone is 3. The van der Waals surface area contributed by atoms with E-state index in [9.17, 15) is 20.1 Å². The summed E-state index contributed by atoms with van der Waals surface area (Å²) in [5, 5.41) is 32.3. The lowest BCUT2D eigenvalue weighted by Gasteiger charge is -2.29. The highest BCUT2D eigenvalue weighted by Crippen LogP contribution is 2.24. The van der Waals surface area contributed by atoms with E-state index >= 15 is 0 Å². The predicted molar refractivity (Wildman–Crippen MR) is 104 cm³/mol. The van der Waals surface area contributed by atoms with Crippen molar-refractivity contribution in [2.75, 3.05) is 7.11 Å². The van der Waals surface area contributed by atoms with Crippen LogP contribution in [0.4, 0.5) is 0 Å². The number of hydrogen-bond donors (Lipinski definition) is 4. The number of nitrogens with one attached hydrogen (secondary N) is 1. The highest BCUT2D eigenvalue weighted by Gasteiger charge is 2.33. The molecule has 2 unspecified atom stereocenters. The molecule has 0 saturated heterocycles. The van der Waals surface area contributed by atoms with Gasteiger partial charge in [0.1, 0.15) is 5.76 Å². The normalized spacial score (nSPS) is 16.3. The smallest absolute Gasteiger partial charge is 0.253 e. The van der Waals surface area contributed by atoms with E-state index in [1.54, 1.807) is 19.9 Å². The Labute approximate surface area is 162 Å². The summed E-state index contributed by atoms with van der Waals surface area (Å²) in [6.45, 7) is 11.8. The summed E-state index contributed by atoms with van der Waals surface area (Å²) in [4.78, 5) is 11.1. The fourth-order valence-electron chi connectivity index (χ4n) is 2.42. The summed E-state index contributed by atoms with van der Waals surface area (Å²) in [6.07, 6.45) is 6.49. The molecule has 0 fully saturated rings. The average Bonchev–Trinajstić information content (AvgIpc) is 2.52. The maximum absolute atomic E-state index is 11.1. The van der Waals surface area contributed by atoms with E-state index in [1.165, 1.54) is 27.0 Å². The number of ether oxygens (including phenoxy) is 2. The summed E-state index contributed by atoms with van der Waals surface area (Å²) >= 11 is 0. The van der Waals surface area contributed by atoms with E-state index in [1.807, 2.05) is 0 Å². The molecule has 7 heteroatoms. The Morgan fingerprint density at radius 2 is 1.81 bits per heavy atom. The van der Waals surface area contributed by atoms with Crippen molar-refractivity contribution < 1.29 is 29.6 Å². The Morgan fingerprint density at radius 3 is 2.30 bits per heavy atom. The van der Waals surface area contributed by atoms with Crippen LogP contribution >= 0.6 is 0 Å². The topological polar surface area (TPSA) is 108 Å². The zero-order valence-electron chi connectivity index (χ0n) is 17.3. The molecule has 0 spiro atoms. The second kappa shape index (κ2) is 11.1. The molecule has 7 nitrogen and oxygen atoms in total. The Hall–Kier alpha value is -1.83. The Morgan fingerprint density at radius 1 is 1.22 bits per heavy atom. The van der Waals surface area contributed by atoms with Gasteiger partial charge in [-0.3, -0.25) is 4.79 Å². The molecular formula is C20H35NO6. The lowest BCUT2D eigenvalue weighted by Crippen LogP contribution is -2.52. The van der Waals surface area contributed by atoms with E-state index in [4.69, 9.17) is 9.47 Å². The molecule has 2 atom stereocenters. The third kappa shape index (κ3) is 9.60. The summed E-state index contributed by atoms with van der Waals surface area (Å²) in [7, 11) is 1.46. The van der Waals surface area contributed by atoms with Crippen molar-refractivity contribution in [2.45, 2.75) is 72.0 Å². The van der Waals surface area contributed by atoms with Gasteiger partial charge in [-0.2, -0.15) is 0 Å². The minimum atomic E-state index is -2.42. The monoisotopic (exact) mass is 385 g/mol. The molecule has 0 saturated carbocycles. The zero-order chi connectivity index (χ0) is 21.3. The van der Waals surface area contributed by atoms with Crippen molar-refractivity contribution in [3.63, 3.8) is 0 Å². The molecule has 0 aromatic carbocycles. The molecule has 0 bridgehead atoms. The molecule has 0 aliphatic rings. The molecule has 27 heavy (non-hydrogen) atoms. The Kier molecular flexibility index (Phi) is 10.4. The number of hydrogen-bond acceptors (Lipinski definition) is 6. The summed E-state index contributed by atoms with van der Waals surface area (Å²) in [6, 6.07) is 0. The van der Waals surface area contributed by atoms with Crippen molar-refractivity contribution in [1.29, 1.82) is 0 Å². The molecular weight excluding hydrogens is 350 g/mol. The molecule has 0 heterocycles. The number of aliphatic hydroxyl groups is 3. The van der Waals surface area contributed by atoms with E-state index < -0.39 is 23.5 Å². The van der Waals surface area contributed by atoms with Gasteiger partial charge in [0.2, 0.25) is 11.7 Å². The summed E-state index contributed by atoms with van der Waals surface area (Å²) < 4.78 is 10.9. The van der Waals surface area contributed by atoms with Gasteiger partial charge in [-0.25, -0.2) is 0 Å². The van der Waals surface area contributed by atoms with Gasteiger partial charge < -0.3 is 30.1 Å². The van der Waals surface area contributed by atoms with Gasteiger partial charge >= 0.3 is 0 Å². The average molecular weight is 386 g/mol. The van der Waals surface area contributed by atoms with Crippen LogP contribution in [0, 0.1) is 5.92 Å². The highest BCUT2D eigenvalue weighted by atomic mass is 16.6. The van der Waals surface area contributed by atoms with Gasteiger partial charge in [0.15, 0.2) is 5.76 Å². The molecule has 1 amide bonds. The fraction of sp³-hybridized carbons (Fsp3) is 0.650. The van der Waals surface area contributed by atoms with Gasteiger partial charge in [0, 0.05) is 20.3 Å². The van der Waals surface area contributed by atoms with Crippen molar-refractivity contribution in [2.24, 2.45) is 5.92 Å². The van der Waals surface area contributed by atoms with Gasteiger partial charge in [0.25, 0.3) is 5.91 Å². The van der Waals surface area contributed by atoms with Crippen LogP contribution < -0.4 is 5.32 Å². The highest BCUT2D eigenvalue weighted by molar-refractivity contribution is 5.73. The number of carbonyl (C=O) groups is 1. The third-order valence-electron chi connectivity index (χ3n) is 4.15. The standard InChI is InChI=1S/C20H35NO6/c1-8-9-10-13-19(6,23)27-16(4)18(26-7)12-11-14(2)15(3)20(24,25)21-17(5)22/h11-12,15,23-25H,2,8-10,13H2,1,3-7H3,(H,21,22). The maximum atomic E-state index is 11.1. The SMILES string of the molecule is C=C(C=CC(OC)=C(C)OC(C)(O)CCCCC)C(C)C(O)(O)NC(C)=O.